The number of carbonyl (C=O) groups is 2. The molecule has 0 bridgehead atoms. The number of hydrogen-bond acceptors (Lipinski definition) is 3. The van der Waals surface area contributed by atoms with E-state index in [1.54, 1.807) is 7.11 Å². The average molecular weight is 409 g/mol. The quantitative estimate of drug-likeness (QED) is 0.760. The smallest absolute Gasteiger partial charge is 0.222 e. The summed E-state index contributed by atoms with van der Waals surface area (Å²) in [4.78, 5) is 27.0. The highest BCUT2D eigenvalue weighted by Crippen LogP contribution is 2.31. The molecule has 5 heteroatoms. The summed E-state index contributed by atoms with van der Waals surface area (Å²) < 4.78 is 5.29. The Kier molecular flexibility index (Phi) is 6.38. The number of amides is 2. The number of piperidine rings is 1. The highest BCUT2D eigenvalue weighted by Gasteiger charge is 2.38. The second-order valence-electron chi connectivity index (χ2n) is 8.99. The van der Waals surface area contributed by atoms with E-state index in [-0.39, 0.29) is 17.4 Å². The van der Waals surface area contributed by atoms with Gasteiger partial charge in [-0.2, -0.15) is 0 Å². The SMILES string of the molecule is COCC1CCCN(C(=O)CC[C@]2(Cc3ccc4ccccc4c3)CCC(=O)N2)C1. The minimum atomic E-state index is -0.323. The van der Waals surface area contributed by atoms with Crippen LogP contribution in [0.15, 0.2) is 42.5 Å². The molecule has 4 rings (SSSR count). The number of fused-ring (bicyclic) bond motifs is 1. The summed E-state index contributed by atoms with van der Waals surface area (Å²) in [5.41, 5.74) is 0.887. The molecule has 160 valence electrons. The van der Waals surface area contributed by atoms with Crippen molar-refractivity contribution in [3.63, 3.8) is 0 Å². The van der Waals surface area contributed by atoms with Crippen molar-refractivity contribution in [2.45, 2.75) is 50.5 Å². The minimum absolute atomic E-state index is 0.0985. The molecule has 0 aromatic heterocycles. The third-order valence-electron chi connectivity index (χ3n) is 6.68. The summed E-state index contributed by atoms with van der Waals surface area (Å²) in [6.07, 6.45) is 5.44. The fraction of sp³-hybridized carbons (Fsp3) is 0.520. The Morgan fingerprint density at radius 1 is 1.23 bits per heavy atom. The van der Waals surface area contributed by atoms with Gasteiger partial charge in [-0.15, -0.1) is 0 Å². The van der Waals surface area contributed by atoms with Gasteiger partial charge in [0.05, 0.1) is 6.61 Å². The maximum Gasteiger partial charge on any atom is 0.222 e. The van der Waals surface area contributed by atoms with Crippen molar-refractivity contribution < 1.29 is 14.3 Å². The molecule has 0 spiro atoms. The van der Waals surface area contributed by atoms with Gasteiger partial charge >= 0.3 is 0 Å². The van der Waals surface area contributed by atoms with Crippen molar-refractivity contribution in [3.05, 3.63) is 48.0 Å². The lowest BCUT2D eigenvalue weighted by molar-refractivity contribution is -0.134. The summed E-state index contributed by atoms with van der Waals surface area (Å²) in [5, 5.41) is 5.65. The number of benzene rings is 2. The molecule has 2 aliphatic heterocycles. The third-order valence-corrected chi connectivity index (χ3v) is 6.68. The normalized spacial score (nSPS) is 24.2. The maximum atomic E-state index is 12.9. The zero-order valence-electron chi connectivity index (χ0n) is 17.9. The molecule has 30 heavy (non-hydrogen) atoms. The minimum Gasteiger partial charge on any atom is -0.384 e. The molecule has 2 amide bonds. The van der Waals surface area contributed by atoms with Gasteiger partial charge in [0.25, 0.3) is 0 Å². The van der Waals surface area contributed by atoms with Crippen LogP contribution in [0.1, 0.15) is 44.1 Å². The Bertz CT molecular complexity index is 910. The molecule has 2 atom stereocenters. The van der Waals surface area contributed by atoms with Gasteiger partial charge in [-0.25, -0.2) is 0 Å². The molecule has 2 heterocycles. The first kappa shape index (κ1) is 20.9. The predicted octanol–water partition coefficient (Wildman–Crippen LogP) is 3.70. The molecule has 0 aliphatic carbocycles. The second-order valence-corrected chi connectivity index (χ2v) is 8.99. The lowest BCUT2D eigenvalue weighted by atomic mass is 9.84. The highest BCUT2D eigenvalue weighted by atomic mass is 16.5. The second kappa shape index (κ2) is 9.17. The average Bonchev–Trinajstić information content (AvgIpc) is 3.13. The van der Waals surface area contributed by atoms with Crippen molar-refractivity contribution in [2.75, 3.05) is 26.8 Å². The molecular formula is C25H32N2O3. The third kappa shape index (κ3) is 4.84. The number of methoxy groups -OCH3 is 1. The molecule has 1 N–H and O–H groups in total. The maximum absolute atomic E-state index is 12.9. The Labute approximate surface area is 178 Å². The predicted molar refractivity (Wildman–Crippen MR) is 118 cm³/mol. The number of likely N-dealkylation sites (tertiary alicyclic amines) is 1. The van der Waals surface area contributed by atoms with Gasteiger partial charge in [-0.1, -0.05) is 42.5 Å². The Balaban J connectivity index is 1.43. The van der Waals surface area contributed by atoms with Crippen molar-refractivity contribution >= 4 is 22.6 Å². The van der Waals surface area contributed by atoms with E-state index < -0.39 is 0 Å². The molecule has 2 fully saturated rings. The zero-order valence-corrected chi connectivity index (χ0v) is 17.9. The van der Waals surface area contributed by atoms with Crippen LogP contribution in [-0.4, -0.2) is 49.1 Å². The Morgan fingerprint density at radius 3 is 2.83 bits per heavy atom. The van der Waals surface area contributed by atoms with Crippen LogP contribution >= 0.6 is 0 Å². The first-order valence-electron chi connectivity index (χ1n) is 11.1. The van der Waals surface area contributed by atoms with Gasteiger partial charge in [-0.3, -0.25) is 9.59 Å². The molecule has 2 saturated heterocycles. The van der Waals surface area contributed by atoms with Gasteiger partial charge in [0.15, 0.2) is 0 Å². The zero-order chi connectivity index (χ0) is 21.0. The molecule has 0 radical (unpaired) electrons. The largest absolute Gasteiger partial charge is 0.384 e. The van der Waals surface area contributed by atoms with Crippen LogP contribution in [0.25, 0.3) is 10.8 Å². The Hall–Kier alpha value is -2.40. The van der Waals surface area contributed by atoms with E-state index in [0.717, 1.165) is 38.8 Å². The number of nitrogens with zero attached hydrogens (tertiary/aromatic N) is 1. The highest BCUT2D eigenvalue weighted by molar-refractivity contribution is 5.83. The summed E-state index contributed by atoms with van der Waals surface area (Å²) in [6.45, 7) is 2.34. The molecular weight excluding hydrogens is 376 g/mol. The van der Waals surface area contributed by atoms with Crippen LogP contribution < -0.4 is 5.32 Å². The van der Waals surface area contributed by atoms with E-state index in [1.165, 1.54) is 16.3 Å². The number of carbonyl (C=O) groups excluding carboxylic acids is 2. The van der Waals surface area contributed by atoms with E-state index in [0.29, 0.717) is 31.8 Å². The molecule has 2 aromatic carbocycles. The summed E-state index contributed by atoms with van der Waals surface area (Å²) in [5.74, 6) is 0.738. The van der Waals surface area contributed by atoms with Crippen LogP contribution in [-0.2, 0) is 20.7 Å². The van der Waals surface area contributed by atoms with Crippen molar-refractivity contribution in [3.8, 4) is 0 Å². The van der Waals surface area contributed by atoms with Gasteiger partial charge in [-0.05, 0) is 54.4 Å². The molecule has 2 aliphatic rings. The first-order chi connectivity index (χ1) is 14.6. The van der Waals surface area contributed by atoms with Crippen molar-refractivity contribution in [2.24, 2.45) is 5.92 Å². The van der Waals surface area contributed by atoms with Gasteiger partial charge in [0.2, 0.25) is 11.8 Å². The van der Waals surface area contributed by atoms with Crippen LogP contribution in [0.2, 0.25) is 0 Å². The summed E-state index contributed by atoms with van der Waals surface area (Å²) in [6, 6.07) is 14.8. The van der Waals surface area contributed by atoms with E-state index in [9.17, 15) is 9.59 Å². The van der Waals surface area contributed by atoms with E-state index >= 15 is 0 Å². The van der Waals surface area contributed by atoms with E-state index in [4.69, 9.17) is 4.74 Å². The number of rotatable bonds is 7. The molecule has 0 saturated carbocycles. The van der Waals surface area contributed by atoms with Crippen LogP contribution in [0.3, 0.4) is 0 Å². The molecule has 1 unspecified atom stereocenters. The van der Waals surface area contributed by atoms with Crippen molar-refractivity contribution in [1.82, 2.24) is 10.2 Å². The fourth-order valence-electron chi connectivity index (χ4n) is 5.09. The summed E-state index contributed by atoms with van der Waals surface area (Å²) >= 11 is 0. The van der Waals surface area contributed by atoms with Crippen molar-refractivity contribution in [1.29, 1.82) is 0 Å². The molecule has 2 aromatic rings. The van der Waals surface area contributed by atoms with E-state index in [2.05, 4.69) is 35.6 Å². The van der Waals surface area contributed by atoms with Gasteiger partial charge in [0, 0.05) is 38.6 Å². The number of hydrogen-bond donors (Lipinski definition) is 1. The lowest BCUT2D eigenvalue weighted by Gasteiger charge is -2.34. The van der Waals surface area contributed by atoms with Crippen LogP contribution in [0.4, 0.5) is 0 Å². The fourth-order valence-corrected chi connectivity index (χ4v) is 5.09. The van der Waals surface area contributed by atoms with E-state index in [1.807, 2.05) is 17.0 Å². The number of ether oxygens (including phenoxy) is 1. The first-order valence-corrected chi connectivity index (χ1v) is 11.1. The monoisotopic (exact) mass is 408 g/mol. The lowest BCUT2D eigenvalue weighted by Crippen LogP contribution is -2.46. The number of nitrogens with one attached hydrogen (secondary N) is 1. The standard InChI is InChI=1S/C25H32N2O3/c1-30-18-20-5-4-14-27(17-20)24(29)11-13-25(12-10-23(28)26-25)16-19-8-9-21-6-2-3-7-22(21)15-19/h2-3,6-9,15,20H,4-5,10-14,16-18H2,1H3,(H,26,28)/t20?,25-/m0/s1. The van der Waals surface area contributed by atoms with Crippen LogP contribution in [0, 0.1) is 5.92 Å². The summed E-state index contributed by atoms with van der Waals surface area (Å²) in [7, 11) is 1.72. The topological polar surface area (TPSA) is 58.6 Å². The van der Waals surface area contributed by atoms with Gasteiger partial charge in [0.1, 0.15) is 0 Å². The van der Waals surface area contributed by atoms with Gasteiger partial charge < -0.3 is 15.0 Å². The molecule has 5 nitrogen and oxygen atoms in total. The van der Waals surface area contributed by atoms with Crippen LogP contribution in [0.5, 0.6) is 0 Å². The Morgan fingerprint density at radius 2 is 2.07 bits per heavy atom.